The average Bonchev–Trinajstić information content (AvgIpc) is 3.39. The number of aliphatic imine (C=N–C) groups is 1. The van der Waals surface area contributed by atoms with Crippen LogP contribution in [0.15, 0.2) is 27.8 Å². The van der Waals surface area contributed by atoms with Gasteiger partial charge in [-0.2, -0.15) is 5.10 Å². The Morgan fingerprint density at radius 1 is 1.26 bits per heavy atom. The number of rotatable bonds is 9. The van der Waals surface area contributed by atoms with E-state index in [9.17, 15) is 0 Å². The van der Waals surface area contributed by atoms with Gasteiger partial charge in [0.1, 0.15) is 5.76 Å². The third-order valence-corrected chi connectivity index (χ3v) is 5.86. The summed E-state index contributed by atoms with van der Waals surface area (Å²) in [6.45, 7) is 9.21. The molecule has 0 bridgehead atoms. The van der Waals surface area contributed by atoms with Crippen LogP contribution in [0.25, 0.3) is 0 Å². The average molecular weight is 544 g/mol. The molecule has 0 amide bonds. The number of guanidine groups is 1. The first-order valence-corrected chi connectivity index (χ1v) is 10.9. The minimum atomic E-state index is 0. The predicted octanol–water partition coefficient (Wildman–Crippen LogP) is 3.25. The lowest BCUT2D eigenvalue weighted by molar-refractivity contribution is 0.146. The van der Waals surface area contributed by atoms with Gasteiger partial charge in [-0.1, -0.05) is 6.42 Å². The molecule has 0 saturated carbocycles. The number of methoxy groups -OCH3 is 1. The number of halogens is 1. The fourth-order valence-corrected chi connectivity index (χ4v) is 4.09. The van der Waals surface area contributed by atoms with Crippen LogP contribution in [0.5, 0.6) is 0 Å². The molecule has 0 aromatic carbocycles. The molecule has 8 nitrogen and oxygen atoms in total. The summed E-state index contributed by atoms with van der Waals surface area (Å²) in [5, 5.41) is 11.6. The van der Waals surface area contributed by atoms with Crippen molar-refractivity contribution in [3.8, 4) is 0 Å². The summed E-state index contributed by atoms with van der Waals surface area (Å²) in [6, 6.07) is 4.24. The van der Waals surface area contributed by atoms with Crippen molar-refractivity contribution in [1.29, 1.82) is 0 Å². The molecule has 31 heavy (non-hydrogen) atoms. The number of nitrogens with zero attached hydrogens (tertiary/aromatic N) is 4. The van der Waals surface area contributed by atoms with E-state index in [4.69, 9.17) is 9.15 Å². The molecule has 0 aliphatic carbocycles. The molecule has 3 heterocycles. The molecule has 1 aliphatic rings. The second-order valence-corrected chi connectivity index (χ2v) is 7.80. The highest BCUT2D eigenvalue weighted by Crippen LogP contribution is 2.24. The van der Waals surface area contributed by atoms with Crippen molar-refractivity contribution in [2.75, 3.05) is 40.4 Å². The Balaban J connectivity index is 0.00000341. The standard InChI is InChI=1S/C22H36N6O2.HI/c1-17-19(18(2)28(26-17)12-14-29-4)15-24-22(23-3)25-16-20(21-9-8-13-30-21)27-10-6-5-7-11-27;/h8-9,13,20H,5-7,10-12,14-16H2,1-4H3,(H2,23,24,25);1H. The first kappa shape index (κ1) is 25.7. The van der Waals surface area contributed by atoms with Crippen LogP contribution in [0.2, 0.25) is 0 Å². The lowest BCUT2D eigenvalue weighted by Gasteiger charge is -2.33. The van der Waals surface area contributed by atoms with E-state index in [0.717, 1.165) is 49.3 Å². The molecule has 2 aromatic heterocycles. The third kappa shape index (κ3) is 6.95. The van der Waals surface area contributed by atoms with E-state index in [1.807, 2.05) is 17.7 Å². The maximum absolute atomic E-state index is 5.75. The summed E-state index contributed by atoms with van der Waals surface area (Å²) >= 11 is 0. The van der Waals surface area contributed by atoms with Crippen molar-refractivity contribution in [2.45, 2.75) is 52.2 Å². The molecule has 1 aliphatic heterocycles. The van der Waals surface area contributed by atoms with E-state index in [-0.39, 0.29) is 30.0 Å². The molecule has 0 radical (unpaired) electrons. The van der Waals surface area contributed by atoms with Crippen LogP contribution in [0.1, 0.15) is 48.0 Å². The first-order chi connectivity index (χ1) is 14.6. The zero-order chi connectivity index (χ0) is 21.3. The number of aromatic nitrogens is 2. The van der Waals surface area contributed by atoms with Crippen LogP contribution in [0.4, 0.5) is 0 Å². The van der Waals surface area contributed by atoms with Gasteiger partial charge in [0.25, 0.3) is 0 Å². The number of aryl methyl sites for hydroxylation is 1. The van der Waals surface area contributed by atoms with Gasteiger partial charge < -0.3 is 19.8 Å². The SMILES string of the molecule is CN=C(NCc1c(C)nn(CCOC)c1C)NCC(c1ccco1)N1CCCCC1.I. The van der Waals surface area contributed by atoms with Gasteiger partial charge >= 0.3 is 0 Å². The molecule has 1 atom stereocenters. The van der Waals surface area contributed by atoms with Gasteiger partial charge in [-0.3, -0.25) is 14.6 Å². The van der Waals surface area contributed by atoms with E-state index in [2.05, 4.69) is 38.6 Å². The smallest absolute Gasteiger partial charge is 0.191 e. The molecule has 0 spiro atoms. The zero-order valence-corrected chi connectivity index (χ0v) is 21.5. The van der Waals surface area contributed by atoms with Gasteiger partial charge in [-0.15, -0.1) is 24.0 Å². The molecule has 174 valence electrons. The van der Waals surface area contributed by atoms with Gasteiger partial charge in [0, 0.05) is 38.5 Å². The number of hydrogen-bond acceptors (Lipinski definition) is 5. The molecule has 1 unspecified atom stereocenters. The topological polar surface area (TPSA) is 79.8 Å². The fraction of sp³-hybridized carbons (Fsp3) is 0.636. The highest BCUT2D eigenvalue weighted by Gasteiger charge is 2.24. The lowest BCUT2D eigenvalue weighted by Crippen LogP contribution is -2.44. The van der Waals surface area contributed by atoms with Crippen LogP contribution in [0.3, 0.4) is 0 Å². The van der Waals surface area contributed by atoms with Gasteiger partial charge in [0.05, 0.1) is 31.2 Å². The summed E-state index contributed by atoms with van der Waals surface area (Å²) < 4.78 is 12.9. The molecule has 2 N–H and O–H groups in total. The van der Waals surface area contributed by atoms with Crippen molar-refractivity contribution in [2.24, 2.45) is 4.99 Å². The van der Waals surface area contributed by atoms with Crippen molar-refractivity contribution >= 4 is 29.9 Å². The number of piperidine rings is 1. The molecule has 9 heteroatoms. The summed E-state index contributed by atoms with van der Waals surface area (Å²) in [5.41, 5.74) is 3.40. The maximum atomic E-state index is 5.75. The molecule has 1 saturated heterocycles. The second kappa shape index (κ2) is 13.1. The fourth-order valence-electron chi connectivity index (χ4n) is 4.09. The summed E-state index contributed by atoms with van der Waals surface area (Å²) in [7, 11) is 3.52. The van der Waals surface area contributed by atoms with E-state index < -0.39 is 0 Å². The van der Waals surface area contributed by atoms with E-state index in [1.165, 1.54) is 24.8 Å². The summed E-state index contributed by atoms with van der Waals surface area (Å²) in [6.07, 6.45) is 5.56. The second-order valence-electron chi connectivity index (χ2n) is 7.80. The first-order valence-electron chi connectivity index (χ1n) is 10.9. The van der Waals surface area contributed by atoms with Crippen LogP contribution in [-0.4, -0.2) is 61.0 Å². The van der Waals surface area contributed by atoms with E-state index in [1.54, 1.807) is 20.4 Å². The van der Waals surface area contributed by atoms with Crippen molar-refractivity contribution in [3.63, 3.8) is 0 Å². The Hall–Kier alpha value is -1.59. The van der Waals surface area contributed by atoms with Gasteiger partial charge in [-0.05, 0) is 51.9 Å². The number of furan rings is 1. The molecule has 3 rings (SSSR count). The van der Waals surface area contributed by atoms with Gasteiger partial charge in [-0.25, -0.2) is 0 Å². The van der Waals surface area contributed by atoms with E-state index >= 15 is 0 Å². The molecule has 1 fully saturated rings. The van der Waals surface area contributed by atoms with Crippen LogP contribution < -0.4 is 10.6 Å². The van der Waals surface area contributed by atoms with Crippen molar-refractivity contribution in [3.05, 3.63) is 41.1 Å². The molecule has 2 aromatic rings. The van der Waals surface area contributed by atoms with Crippen LogP contribution >= 0.6 is 24.0 Å². The minimum absolute atomic E-state index is 0. The Kier molecular flexibility index (Phi) is 10.8. The molecular weight excluding hydrogens is 507 g/mol. The zero-order valence-electron chi connectivity index (χ0n) is 19.2. The summed E-state index contributed by atoms with van der Waals surface area (Å²) in [4.78, 5) is 6.93. The Morgan fingerprint density at radius 2 is 2.03 bits per heavy atom. The monoisotopic (exact) mass is 544 g/mol. The normalized spacial score (nSPS) is 16.1. The van der Waals surface area contributed by atoms with E-state index in [0.29, 0.717) is 13.2 Å². The highest BCUT2D eigenvalue weighted by atomic mass is 127. The van der Waals surface area contributed by atoms with Gasteiger partial charge in [0.2, 0.25) is 0 Å². The number of ether oxygens (including phenoxy) is 1. The predicted molar refractivity (Wildman–Crippen MR) is 134 cm³/mol. The van der Waals surface area contributed by atoms with Gasteiger partial charge in [0.15, 0.2) is 5.96 Å². The summed E-state index contributed by atoms with van der Waals surface area (Å²) in [5.74, 6) is 1.79. The number of hydrogen-bond donors (Lipinski definition) is 2. The minimum Gasteiger partial charge on any atom is -0.468 e. The largest absolute Gasteiger partial charge is 0.468 e. The number of likely N-dealkylation sites (tertiary alicyclic amines) is 1. The van der Waals surface area contributed by atoms with Crippen molar-refractivity contribution in [1.82, 2.24) is 25.3 Å². The molecular formula is C22H37IN6O2. The van der Waals surface area contributed by atoms with Crippen LogP contribution in [0, 0.1) is 13.8 Å². The third-order valence-electron chi connectivity index (χ3n) is 5.86. The Bertz CT molecular complexity index is 799. The Labute approximate surface area is 202 Å². The maximum Gasteiger partial charge on any atom is 0.191 e. The van der Waals surface area contributed by atoms with Crippen LogP contribution in [-0.2, 0) is 17.8 Å². The highest BCUT2D eigenvalue weighted by molar-refractivity contribution is 14.0. The Morgan fingerprint density at radius 3 is 2.68 bits per heavy atom. The lowest BCUT2D eigenvalue weighted by atomic mass is 10.1. The van der Waals surface area contributed by atoms with Crippen molar-refractivity contribution < 1.29 is 9.15 Å². The quantitative estimate of drug-likeness (QED) is 0.287. The number of nitrogens with one attached hydrogen (secondary N) is 2.